The number of carbonyl (C=O) groups is 1. The lowest BCUT2D eigenvalue weighted by Gasteiger charge is -1.98. The standard InChI is InChI=1S/C8H14N4OS3/c1-14-7-11-12-8(16-7)15-5-3-2-4-6(13)10-9/h2-5,9H2,1H3,(H,10,13). The van der Waals surface area contributed by atoms with E-state index in [1.807, 2.05) is 6.26 Å². The highest BCUT2D eigenvalue weighted by molar-refractivity contribution is 8.02. The largest absolute Gasteiger partial charge is 0.294 e. The van der Waals surface area contributed by atoms with Crippen LogP contribution in [-0.4, -0.2) is 28.1 Å². The van der Waals surface area contributed by atoms with Gasteiger partial charge in [-0.15, -0.1) is 10.2 Å². The van der Waals surface area contributed by atoms with Crippen molar-refractivity contribution in [1.82, 2.24) is 15.6 Å². The number of hydrazine groups is 1. The highest BCUT2D eigenvalue weighted by atomic mass is 32.2. The molecule has 0 radical (unpaired) electrons. The lowest BCUT2D eigenvalue weighted by atomic mass is 10.2. The number of hydrogen-bond acceptors (Lipinski definition) is 7. The fourth-order valence-electron chi connectivity index (χ4n) is 0.957. The van der Waals surface area contributed by atoms with Crippen LogP contribution in [0.15, 0.2) is 8.68 Å². The summed E-state index contributed by atoms with van der Waals surface area (Å²) < 4.78 is 1.98. The van der Waals surface area contributed by atoms with Crippen molar-refractivity contribution in [3.63, 3.8) is 0 Å². The molecule has 1 rings (SSSR count). The quantitative estimate of drug-likeness (QED) is 0.259. The smallest absolute Gasteiger partial charge is 0.233 e. The first-order chi connectivity index (χ1) is 7.76. The lowest BCUT2D eigenvalue weighted by molar-refractivity contribution is -0.121. The summed E-state index contributed by atoms with van der Waals surface area (Å²) in [6.45, 7) is 0. The molecule has 0 saturated carbocycles. The van der Waals surface area contributed by atoms with Crippen LogP contribution in [0.5, 0.6) is 0 Å². The number of rotatable bonds is 7. The summed E-state index contributed by atoms with van der Waals surface area (Å²) in [4.78, 5) is 10.8. The van der Waals surface area contributed by atoms with Gasteiger partial charge < -0.3 is 0 Å². The van der Waals surface area contributed by atoms with E-state index in [1.54, 1.807) is 34.9 Å². The Morgan fingerprint density at radius 1 is 1.44 bits per heavy atom. The van der Waals surface area contributed by atoms with Crippen molar-refractivity contribution in [1.29, 1.82) is 0 Å². The number of thioether (sulfide) groups is 2. The molecule has 0 spiro atoms. The van der Waals surface area contributed by atoms with Gasteiger partial charge in [0.15, 0.2) is 8.68 Å². The zero-order valence-electron chi connectivity index (χ0n) is 8.93. The lowest BCUT2D eigenvalue weighted by Crippen LogP contribution is -2.29. The Bertz CT molecular complexity index is 331. The van der Waals surface area contributed by atoms with Gasteiger partial charge in [0.1, 0.15) is 0 Å². The first kappa shape index (κ1) is 13.8. The van der Waals surface area contributed by atoms with Crippen molar-refractivity contribution < 1.29 is 4.79 Å². The third-order valence-electron chi connectivity index (χ3n) is 1.75. The molecule has 90 valence electrons. The van der Waals surface area contributed by atoms with Crippen molar-refractivity contribution in [2.45, 2.75) is 27.9 Å². The molecule has 0 aliphatic carbocycles. The molecular weight excluding hydrogens is 264 g/mol. The third-order valence-corrected chi connectivity index (χ3v) is 4.87. The fourth-order valence-corrected chi connectivity index (χ4v) is 3.46. The third kappa shape index (κ3) is 5.15. The molecule has 1 heterocycles. The number of nitrogens with two attached hydrogens (primary N) is 1. The molecule has 1 aromatic rings. The Kier molecular flexibility index (Phi) is 6.78. The molecule has 0 aliphatic heterocycles. The van der Waals surface area contributed by atoms with Gasteiger partial charge in [-0.25, -0.2) is 5.84 Å². The van der Waals surface area contributed by atoms with Crippen molar-refractivity contribution in [3.05, 3.63) is 0 Å². The molecule has 0 aromatic carbocycles. The van der Waals surface area contributed by atoms with Gasteiger partial charge in [0.05, 0.1) is 0 Å². The number of unbranched alkanes of at least 4 members (excludes halogenated alkanes) is 1. The van der Waals surface area contributed by atoms with Crippen LogP contribution < -0.4 is 11.3 Å². The Morgan fingerprint density at radius 3 is 2.81 bits per heavy atom. The van der Waals surface area contributed by atoms with Gasteiger partial charge in [-0.3, -0.25) is 10.2 Å². The molecule has 16 heavy (non-hydrogen) atoms. The van der Waals surface area contributed by atoms with E-state index < -0.39 is 0 Å². The van der Waals surface area contributed by atoms with E-state index in [9.17, 15) is 4.79 Å². The zero-order chi connectivity index (χ0) is 11.8. The minimum atomic E-state index is -0.106. The van der Waals surface area contributed by atoms with Gasteiger partial charge in [-0.05, 0) is 19.1 Å². The fraction of sp³-hybridized carbons (Fsp3) is 0.625. The number of carbonyl (C=O) groups excluding carboxylic acids is 1. The van der Waals surface area contributed by atoms with Crippen LogP contribution in [0.1, 0.15) is 19.3 Å². The number of nitrogens with zero attached hydrogens (tertiary/aromatic N) is 2. The van der Waals surface area contributed by atoms with Crippen molar-refractivity contribution in [2.75, 3.05) is 12.0 Å². The van der Waals surface area contributed by atoms with E-state index in [4.69, 9.17) is 5.84 Å². The molecule has 0 atom stereocenters. The van der Waals surface area contributed by atoms with Crippen LogP contribution in [0.4, 0.5) is 0 Å². The topological polar surface area (TPSA) is 80.9 Å². The van der Waals surface area contributed by atoms with E-state index in [0.717, 1.165) is 27.3 Å². The molecular formula is C8H14N4OS3. The van der Waals surface area contributed by atoms with E-state index >= 15 is 0 Å². The average Bonchev–Trinajstić information content (AvgIpc) is 2.76. The van der Waals surface area contributed by atoms with E-state index in [2.05, 4.69) is 15.6 Å². The summed E-state index contributed by atoms with van der Waals surface area (Å²) in [6, 6.07) is 0. The average molecular weight is 278 g/mol. The summed E-state index contributed by atoms with van der Waals surface area (Å²) in [7, 11) is 0. The van der Waals surface area contributed by atoms with Crippen molar-refractivity contribution >= 4 is 40.8 Å². The number of aromatic nitrogens is 2. The SMILES string of the molecule is CSc1nnc(SCCCCC(=O)NN)s1. The monoisotopic (exact) mass is 278 g/mol. The molecule has 0 unspecified atom stereocenters. The highest BCUT2D eigenvalue weighted by Crippen LogP contribution is 2.27. The Balaban J connectivity index is 2.09. The van der Waals surface area contributed by atoms with E-state index in [1.165, 1.54) is 0 Å². The Morgan fingerprint density at radius 2 is 2.19 bits per heavy atom. The first-order valence-corrected chi connectivity index (χ1v) is 7.78. The predicted molar refractivity (Wildman–Crippen MR) is 68.6 cm³/mol. The van der Waals surface area contributed by atoms with Gasteiger partial charge in [0, 0.05) is 12.2 Å². The summed E-state index contributed by atoms with van der Waals surface area (Å²) in [5.41, 5.74) is 2.12. The maximum Gasteiger partial charge on any atom is 0.233 e. The maximum atomic E-state index is 10.8. The summed E-state index contributed by atoms with van der Waals surface area (Å²) in [6.07, 6.45) is 4.31. The highest BCUT2D eigenvalue weighted by Gasteiger charge is 2.03. The van der Waals surface area contributed by atoms with Gasteiger partial charge in [-0.2, -0.15) is 0 Å². The number of nitrogens with one attached hydrogen (secondary N) is 1. The molecule has 1 amide bonds. The normalized spacial score (nSPS) is 10.4. The summed E-state index contributed by atoms with van der Waals surface area (Å²) in [5, 5.41) is 8.05. The molecule has 0 bridgehead atoms. The van der Waals surface area contributed by atoms with E-state index in [0.29, 0.717) is 6.42 Å². The molecule has 5 nitrogen and oxygen atoms in total. The summed E-state index contributed by atoms with van der Waals surface area (Å²) >= 11 is 4.90. The van der Waals surface area contributed by atoms with Crippen molar-refractivity contribution in [2.24, 2.45) is 5.84 Å². The molecule has 1 aromatic heterocycles. The van der Waals surface area contributed by atoms with Crippen LogP contribution in [-0.2, 0) is 4.79 Å². The molecule has 0 aliphatic rings. The minimum Gasteiger partial charge on any atom is -0.294 e. The van der Waals surface area contributed by atoms with Gasteiger partial charge >= 0.3 is 0 Å². The van der Waals surface area contributed by atoms with Gasteiger partial charge in [0.25, 0.3) is 0 Å². The maximum absolute atomic E-state index is 10.8. The van der Waals surface area contributed by atoms with Crippen LogP contribution in [0.3, 0.4) is 0 Å². The predicted octanol–water partition coefficient (Wildman–Crippen LogP) is 1.51. The molecule has 8 heteroatoms. The zero-order valence-corrected chi connectivity index (χ0v) is 11.4. The Hall–Kier alpha value is -0.310. The first-order valence-electron chi connectivity index (χ1n) is 4.76. The molecule has 0 saturated heterocycles. The van der Waals surface area contributed by atoms with Gasteiger partial charge in [0.2, 0.25) is 5.91 Å². The minimum absolute atomic E-state index is 0.106. The second kappa shape index (κ2) is 7.88. The molecule has 3 N–H and O–H groups in total. The van der Waals surface area contributed by atoms with E-state index in [-0.39, 0.29) is 5.91 Å². The number of hydrogen-bond donors (Lipinski definition) is 2. The number of amides is 1. The van der Waals surface area contributed by atoms with Crippen LogP contribution in [0, 0.1) is 0 Å². The second-order valence-corrected chi connectivity index (χ2v) is 6.28. The van der Waals surface area contributed by atoms with Crippen LogP contribution in [0.2, 0.25) is 0 Å². The summed E-state index contributed by atoms with van der Waals surface area (Å²) in [5.74, 6) is 5.83. The van der Waals surface area contributed by atoms with Crippen molar-refractivity contribution in [3.8, 4) is 0 Å². The Labute approximate surface area is 107 Å². The van der Waals surface area contributed by atoms with Crippen LogP contribution in [0.25, 0.3) is 0 Å². The molecule has 0 fully saturated rings. The second-order valence-electron chi connectivity index (χ2n) is 2.91. The van der Waals surface area contributed by atoms with Gasteiger partial charge in [-0.1, -0.05) is 34.9 Å². The van der Waals surface area contributed by atoms with Crippen LogP contribution >= 0.6 is 34.9 Å².